The smallest absolute Gasteiger partial charge is 0.273 e. The second-order valence-electron chi connectivity index (χ2n) is 5.37. The lowest BCUT2D eigenvalue weighted by atomic mass is 10.1. The lowest BCUT2D eigenvalue weighted by Gasteiger charge is -2.07. The van der Waals surface area contributed by atoms with Gasteiger partial charge in [-0.15, -0.1) is 0 Å². The summed E-state index contributed by atoms with van der Waals surface area (Å²) in [6.45, 7) is 2.18. The highest BCUT2D eigenvalue weighted by Crippen LogP contribution is 2.19. The maximum atomic E-state index is 13.4. The summed E-state index contributed by atoms with van der Waals surface area (Å²) in [5, 5.41) is 15.2. The zero-order valence-corrected chi connectivity index (χ0v) is 13.1. The van der Waals surface area contributed by atoms with Crippen LogP contribution in [-0.2, 0) is 6.61 Å². The molecule has 1 unspecified atom stereocenters. The third-order valence-corrected chi connectivity index (χ3v) is 3.29. The van der Waals surface area contributed by atoms with Gasteiger partial charge in [-0.3, -0.25) is 4.79 Å². The number of nitrogens with zero attached hydrogens (tertiary/aromatic N) is 1. The number of hydrogen-bond donors (Lipinski definition) is 2. The summed E-state index contributed by atoms with van der Waals surface area (Å²) in [4.78, 5) is 11.9. The number of nitrogens with one attached hydrogen (secondary N) is 1. The predicted molar refractivity (Wildman–Crippen MR) is 80.4 cm³/mol. The van der Waals surface area contributed by atoms with E-state index in [1.165, 1.54) is 6.07 Å². The Morgan fingerprint density at radius 1 is 1.42 bits per heavy atom. The fourth-order valence-corrected chi connectivity index (χ4v) is 1.84. The molecule has 0 saturated heterocycles. The molecule has 2 aromatic rings. The molecule has 24 heavy (non-hydrogen) atoms. The fourth-order valence-electron chi connectivity index (χ4n) is 1.84. The van der Waals surface area contributed by atoms with Gasteiger partial charge < -0.3 is 19.7 Å². The normalized spacial score (nSPS) is 12.0. The van der Waals surface area contributed by atoms with Gasteiger partial charge in [-0.1, -0.05) is 12.1 Å². The molecule has 0 spiro atoms. The number of aliphatic hydroxyl groups is 1. The first-order valence-corrected chi connectivity index (χ1v) is 7.42. The van der Waals surface area contributed by atoms with Crippen LogP contribution in [-0.4, -0.2) is 29.3 Å². The zero-order valence-electron chi connectivity index (χ0n) is 13.1. The molecule has 0 radical (unpaired) electrons. The minimum atomic E-state index is -0.828. The van der Waals surface area contributed by atoms with Crippen LogP contribution < -0.4 is 10.1 Å². The molecule has 0 fully saturated rings. The van der Waals surface area contributed by atoms with E-state index in [-0.39, 0.29) is 36.3 Å². The number of carbonyl (C=O) groups is 1. The molecular weight excluding hydrogens is 322 g/mol. The average Bonchev–Trinajstić information content (AvgIpc) is 3.02. The minimum Gasteiger partial charge on any atom is -0.482 e. The van der Waals surface area contributed by atoms with Crippen LogP contribution in [0.2, 0.25) is 0 Å². The molecule has 8 heteroatoms. The van der Waals surface area contributed by atoms with Crippen molar-refractivity contribution in [2.75, 3.05) is 13.2 Å². The van der Waals surface area contributed by atoms with Gasteiger partial charge in [0.1, 0.15) is 12.4 Å². The summed E-state index contributed by atoms with van der Waals surface area (Å²) in [6, 6.07) is 4.33. The molecule has 0 aliphatic carbocycles. The third-order valence-electron chi connectivity index (χ3n) is 3.29. The largest absolute Gasteiger partial charge is 0.482 e. The van der Waals surface area contributed by atoms with Crippen LogP contribution in [0.1, 0.15) is 29.6 Å². The molecule has 1 atom stereocenters. The van der Waals surface area contributed by atoms with E-state index in [0.717, 1.165) is 12.1 Å². The molecule has 0 bridgehead atoms. The van der Waals surface area contributed by atoms with Crippen molar-refractivity contribution in [1.82, 2.24) is 10.5 Å². The third kappa shape index (κ3) is 5.02. The van der Waals surface area contributed by atoms with Crippen molar-refractivity contribution in [2.45, 2.75) is 20.0 Å². The molecule has 0 saturated carbocycles. The monoisotopic (exact) mass is 340 g/mol. The summed E-state index contributed by atoms with van der Waals surface area (Å²) >= 11 is 0. The standard InChI is InChI=1S/C16H18F2N2O4/c1-10(8-21)4-5-19-16(22)14-7-12(24-20-14)9-23-15-3-2-11(17)6-13(15)18/h2-3,6-7,10,21H,4-5,8-9H2,1H3,(H,19,22). The Hall–Kier alpha value is -2.48. The maximum absolute atomic E-state index is 13.4. The number of halogens is 2. The zero-order chi connectivity index (χ0) is 17.5. The van der Waals surface area contributed by atoms with Crippen molar-refractivity contribution in [3.8, 4) is 5.75 Å². The van der Waals surface area contributed by atoms with E-state index in [0.29, 0.717) is 19.0 Å². The predicted octanol–water partition coefficient (Wildman–Crippen LogP) is 2.28. The van der Waals surface area contributed by atoms with E-state index in [1.54, 1.807) is 0 Å². The van der Waals surface area contributed by atoms with Gasteiger partial charge in [0.25, 0.3) is 5.91 Å². The van der Waals surface area contributed by atoms with Gasteiger partial charge in [0.2, 0.25) is 0 Å². The van der Waals surface area contributed by atoms with Gasteiger partial charge in [0, 0.05) is 25.3 Å². The topological polar surface area (TPSA) is 84.6 Å². The first-order valence-electron chi connectivity index (χ1n) is 7.42. The van der Waals surface area contributed by atoms with Crippen LogP contribution in [0.5, 0.6) is 5.75 Å². The first-order chi connectivity index (χ1) is 11.5. The van der Waals surface area contributed by atoms with E-state index >= 15 is 0 Å². The molecule has 2 rings (SSSR count). The van der Waals surface area contributed by atoms with Gasteiger partial charge in [-0.25, -0.2) is 8.78 Å². The van der Waals surface area contributed by atoms with E-state index < -0.39 is 17.5 Å². The van der Waals surface area contributed by atoms with Gasteiger partial charge >= 0.3 is 0 Å². The highest BCUT2D eigenvalue weighted by Gasteiger charge is 2.14. The molecule has 1 heterocycles. The van der Waals surface area contributed by atoms with Crippen molar-refractivity contribution >= 4 is 5.91 Å². The number of benzene rings is 1. The number of rotatable bonds is 8. The van der Waals surface area contributed by atoms with Crippen LogP contribution >= 0.6 is 0 Å². The Kier molecular flexibility index (Phi) is 6.25. The molecule has 130 valence electrons. The Morgan fingerprint density at radius 3 is 2.92 bits per heavy atom. The summed E-state index contributed by atoms with van der Waals surface area (Å²) in [7, 11) is 0. The Balaban J connectivity index is 1.85. The molecule has 1 amide bonds. The lowest BCUT2D eigenvalue weighted by molar-refractivity contribution is 0.0940. The van der Waals surface area contributed by atoms with Gasteiger partial charge in [0.15, 0.2) is 23.0 Å². The number of aromatic nitrogens is 1. The molecule has 1 aromatic heterocycles. The van der Waals surface area contributed by atoms with E-state index in [9.17, 15) is 13.6 Å². The fraction of sp³-hybridized carbons (Fsp3) is 0.375. The highest BCUT2D eigenvalue weighted by atomic mass is 19.1. The summed E-state index contributed by atoms with van der Waals surface area (Å²) in [5.41, 5.74) is 0.0739. The van der Waals surface area contributed by atoms with Crippen molar-refractivity contribution in [3.63, 3.8) is 0 Å². The Bertz CT molecular complexity index is 690. The second kappa shape index (κ2) is 8.39. The number of aliphatic hydroxyl groups excluding tert-OH is 1. The van der Waals surface area contributed by atoms with Crippen LogP contribution in [0, 0.1) is 17.6 Å². The molecule has 1 aromatic carbocycles. The molecular formula is C16H18F2N2O4. The first kappa shape index (κ1) is 17.9. The van der Waals surface area contributed by atoms with Crippen LogP contribution in [0.25, 0.3) is 0 Å². The summed E-state index contributed by atoms with van der Waals surface area (Å²) in [6.07, 6.45) is 0.639. The maximum Gasteiger partial charge on any atom is 0.273 e. The van der Waals surface area contributed by atoms with Crippen molar-refractivity contribution in [2.24, 2.45) is 5.92 Å². The highest BCUT2D eigenvalue weighted by molar-refractivity contribution is 5.92. The van der Waals surface area contributed by atoms with Crippen LogP contribution in [0.15, 0.2) is 28.8 Å². The van der Waals surface area contributed by atoms with E-state index in [1.807, 2.05) is 6.92 Å². The summed E-state index contributed by atoms with van der Waals surface area (Å²) in [5.74, 6) is -1.75. The number of ether oxygens (including phenoxy) is 1. The molecule has 0 aliphatic rings. The summed E-state index contributed by atoms with van der Waals surface area (Å²) < 4.78 is 36.3. The Morgan fingerprint density at radius 2 is 2.21 bits per heavy atom. The van der Waals surface area contributed by atoms with Crippen LogP contribution in [0.3, 0.4) is 0 Å². The van der Waals surface area contributed by atoms with Crippen molar-refractivity contribution in [1.29, 1.82) is 0 Å². The number of amides is 1. The van der Waals surface area contributed by atoms with Crippen molar-refractivity contribution < 1.29 is 27.9 Å². The second-order valence-corrected chi connectivity index (χ2v) is 5.37. The van der Waals surface area contributed by atoms with Crippen molar-refractivity contribution in [3.05, 3.63) is 47.4 Å². The minimum absolute atomic E-state index is 0.0568. The van der Waals surface area contributed by atoms with E-state index in [2.05, 4.69) is 10.5 Å². The van der Waals surface area contributed by atoms with Gasteiger partial charge in [-0.05, 0) is 24.5 Å². The molecule has 6 nitrogen and oxygen atoms in total. The number of hydrogen-bond acceptors (Lipinski definition) is 5. The van der Waals surface area contributed by atoms with Gasteiger partial charge in [0.05, 0.1) is 0 Å². The van der Waals surface area contributed by atoms with E-state index in [4.69, 9.17) is 14.4 Å². The molecule has 2 N–H and O–H groups in total. The average molecular weight is 340 g/mol. The SMILES string of the molecule is CC(CO)CCNC(=O)c1cc(COc2ccc(F)cc2F)on1. The number of carbonyl (C=O) groups excluding carboxylic acids is 1. The molecule has 0 aliphatic heterocycles. The quantitative estimate of drug-likeness (QED) is 0.770. The van der Waals surface area contributed by atoms with Crippen LogP contribution in [0.4, 0.5) is 8.78 Å². The van der Waals surface area contributed by atoms with Gasteiger partial charge in [-0.2, -0.15) is 0 Å². The lowest BCUT2D eigenvalue weighted by Crippen LogP contribution is -2.26. The Labute approximate surface area is 137 Å².